The Bertz CT molecular complexity index is 357. The highest BCUT2D eigenvalue weighted by molar-refractivity contribution is 9.10. The molecule has 0 bridgehead atoms. The van der Waals surface area contributed by atoms with Crippen LogP contribution in [0.3, 0.4) is 0 Å². The second-order valence-corrected chi connectivity index (χ2v) is 5.31. The zero-order valence-corrected chi connectivity index (χ0v) is 12.9. The largest absolute Gasteiger partial charge is 0.383 e. The molecule has 0 fully saturated rings. The number of methoxy groups -OCH3 is 1. The maximum atomic E-state index is 5.85. The molecule has 0 aromatic heterocycles. The zero-order chi connectivity index (χ0) is 12.8. The molecule has 0 aliphatic heterocycles. The number of halogens is 2. The fraction of sp³-hybridized carbons (Fsp3) is 0.538. The van der Waals surface area contributed by atoms with E-state index in [1.54, 1.807) is 7.11 Å². The predicted octanol–water partition coefficient (Wildman–Crippen LogP) is 4.05. The van der Waals surface area contributed by atoms with Gasteiger partial charge in [-0.15, -0.1) is 11.6 Å². The van der Waals surface area contributed by atoms with E-state index < -0.39 is 0 Å². The Balaban J connectivity index is 2.90. The first-order valence-corrected chi connectivity index (χ1v) is 7.03. The average Bonchev–Trinajstić information content (AvgIpc) is 2.29. The molecule has 4 heteroatoms. The zero-order valence-electron chi connectivity index (χ0n) is 10.5. The van der Waals surface area contributed by atoms with Gasteiger partial charge in [0.2, 0.25) is 0 Å². The minimum Gasteiger partial charge on any atom is -0.383 e. The Labute approximate surface area is 117 Å². The van der Waals surface area contributed by atoms with Gasteiger partial charge in [-0.25, -0.2) is 0 Å². The van der Waals surface area contributed by atoms with E-state index in [0.717, 1.165) is 23.2 Å². The average molecular weight is 321 g/mol. The maximum Gasteiger partial charge on any atom is 0.0637 e. The molecule has 1 rings (SSSR count). The van der Waals surface area contributed by atoms with Crippen molar-refractivity contribution >= 4 is 33.2 Å². The first-order chi connectivity index (χ1) is 8.10. The van der Waals surface area contributed by atoms with Gasteiger partial charge in [0.1, 0.15) is 0 Å². The maximum absolute atomic E-state index is 5.85. The topological polar surface area (TPSA) is 12.5 Å². The number of benzene rings is 1. The molecule has 2 nitrogen and oxygen atoms in total. The van der Waals surface area contributed by atoms with Gasteiger partial charge in [0.05, 0.1) is 6.61 Å². The first kappa shape index (κ1) is 14.8. The van der Waals surface area contributed by atoms with Crippen molar-refractivity contribution in [2.24, 2.45) is 0 Å². The van der Waals surface area contributed by atoms with Crippen LogP contribution in [0.15, 0.2) is 22.7 Å². The van der Waals surface area contributed by atoms with Gasteiger partial charge >= 0.3 is 0 Å². The molecular weight excluding hydrogens is 302 g/mol. The molecule has 17 heavy (non-hydrogen) atoms. The van der Waals surface area contributed by atoms with Crippen LogP contribution in [-0.4, -0.2) is 26.3 Å². The third-order valence-electron chi connectivity index (χ3n) is 2.67. The van der Waals surface area contributed by atoms with Crippen LogP contribution in [0, 0.1) is 0 Å². The Hall–Kier alpha value is -0.250. The molecule has 0 N–H and O–H groups in total. The fourth-order valence-corrected chi connectivity index (χ4v) is 2.60. The van der Waals surface area contributed by atoms with Crippen LogP contribution in [0.25, 0.3) is 0 Å². The molecule has 0 heterocycles. The predicted molar refractivity (Wildman–Crippen MR) is 78.1 cm³/mol. The fourth-order valence-electron chi connectivity index (χ4n) is 1.70. The molecule has 96 valence electrons. The van der Waals surface area contributed by atoms with Gasteiger partial charge in [-0.3, -0.25) is 0 Å². The number of rotatable bonds is 6. The first-order valence-electron chi connectivity index (χ1n) is 5.70. The second-order valence-electron chi connectivity index (χ2n) is 4.19. The van der Waals surface area contributed by atoms with Crippen LogP contribution in [-0.2, 0) is 10.6 Å². The van der Waals surface area contributed by atoms with E-state index in [1.807, 2.05) is 0 Å². The van der Waals surface area contributed by atoms with Gasteiger partial charge in [-0.2, -0.15) is 0 Å². The summed E-state index contributed by atoms with van der Waals surface area (Å²) in [5, 5.41) is 0. The van der Waals surface area contributed by atoms with E-state index in [4.69, 9.17) is 16.3 Å². The SMILES string of the molecule is COCCN(c1ccc(CCl)c(Br)c1)C(C)C. The summed E-state index contributed by atoms with van der Waals surface area (Å²) in [4.78, 5) is 2.31. The molecule has 0 saturated carbocycles. The van der Waals surface area contributed by atoms with Crippen molar-refractivity contribution in [3.63, 3.8) is 0 Å². The van der Waals surface area contributed by atoms with Crippen molar-refractivity contribution in [2.75, 3.05) is 25.2 Å². The van der Waals surface area contributed by atoms with Crippen molar-refractivity contribution in [1.82, 2.24) is 0 Å². The van der Waals surface area contributed by atoms with Gasteiger partial charge in [0.15, 0.2) is 0 Å². The third kappa shape index (κ3) is 4.16. The van der Waals surface area contributed by atoms with Crippen LogP contribution in [0.2, 0.25) is 0 Å². The van der Waals surface area contributed by atoms with Gasteiger partial charge in [0.25, 0.3) is 0 Å². The number of anilines is 1. The van der Waals surface area contributed by atoms with Crippen molar-refractivity contribution < 1.29 is 4.74 Å². The minimum absolute atomic E-state index is 0.443. The van der Waals surface area contributed by atoms with E-state index in [2.05, 4.69) is 52.9 Å². The van der Waals surface area contributed by atoms with Crippen molar-refractivity contribution in [3.8, 4) is 0 Å². The lowest BCUT2D eigenvalue weighted by Crippen LogP contribution is -2.33. The van der Waals surface area contributed by atoms with Crippen molar-refractivity contribution in [3.05, 3.63) is 28.2 Å². The highest BCUT2D eigenvalue weighted by atomic mass is 79.9. The van der Waals surface area contributed by atoms with Crippen LogP contribution < -0.4 is 4.90 Å². The molecule has 0 spiro atoms. The Morgan fingerprint density at radius 3 is 2.59 bits per heavy atom. The van der Waals surface area contributed by atoms with Crippen LogP contribution in [0.4, 0.5) is 5.69 Å². The molecule has 0 aliphatic carbocycles. The van der Waals surface area contributed by atoms with Gasteiger partial charge in [-0.1, -0.05) is 22.0 Å². The number of ether oxygens (including phenoxy) is 1. The lowest BCUT2D eigenvalue weighted by atomic mass is 10.2. The number of hydrogen-bond donors (Lipinski definition) is 0. The summed E-state index contributed by atoms with van der Waals surface area (Å²) < 4.78 is 6.21. The molecule has 0 aliphatic rings. The summed E-state index contributed by atoms with van der Waals surface area (Å²) in [5.41, 5.74) is 2.31. The van der Waals surface area contributed by atoms with Crippen molar-refractivity contribution in [1.29, 1.82) is 0 Å². The summed E-state index contributed by atoms with van der Waals surface area (Å²) in [6.07, 6.45) is 0. The number of alkyl halides is 1. The quantitative estimate of drug-likeness (QED) is 0.733. The summed E-state index contributed by atoms with van der Waals surface area (Å²) in [6, 6.07) is 6.74. The monoisotopic (exact) mass is 319 g/mol. The van der Waals surface area contributed by atoms with Gasteiger partial charge in [-0.05, 0) is 31.5 Å². The molecule has 0 atom stereocenters. The van der Waals surface area contributed by atoms with Crippen molar-refractivity contribution in [2.45, 2.75) is 25.8 Å². The molecule has 0 unspecified atom stereocenters. The summed E-state index contributed by atoms with van der Waals surface area (Å²) in [7, 11) is 1.73. The lowest BCUT2D eigenvalue weighted by Gasteiger charge is -2.29. The molecule has 1 aromatic carbocycles. The summed E-state index contributed by atoms with van der Waals surface area (Å²) >= 11 is 9.40. The normalized spacial score (nSPS) is 10.9. The highest BCUT2D eigenvalue weighted by Gasteiger charge is 2.11. The molecule has 0 amide bonds. The number of nitrogens with zero attached hydrogens (tertiary/aromatic N) is 1. The van der Waals surface area contributed by atoms with Crippen LogP contribution >= 0.6 is 27.5 Å². The number of hydrogen-bond acceptors (Lipinski definition) is 2. The highest BCUT2D eigenvalue weighted by Crippen LogP contribution is 2.26. The molecule has 0 radical (unpaired) electrons. The van der Waals surface area contributed by atoms with Gasteiger partial charge < -0.3 is 9.64 Å². The second kappa shape index (κ2) is 7.24. The smallest absolute Gasteiger partial charge is 0.0637 e. The molecular formula is C13H19BrClNO. The minimum atomic E-state index is 0.443. The Morgan fingerprint density at radius 2 is 2.12 bits per heavy atom. The van der Waals surface area contributed by atoms with E-state index in [9.17, 15) is 0 Å². The van der Waals surface area contributed by atoms with Crippen LogP contribution in [0.1, 0.15) is 19.4 Å². The summed E-state index contributed by atoms with van der Waals surface area (Å²) in [6.45, 7) is 5.98. The lowest BCUT2D eigenvalue weighted by molar-refractivity contribution is 0.204. The standard InChI is InChI=1S/C13H19BrClNO/c1-10(2)16(6-7-17-3)12-5-4-11(9-15)13(14)8-12/h4-5,8,10H,6-7,9H2,1-3H3. The van der Waals surface area contributed by atoms with E-state index >= 15 is 0 Å². The summed E-state index contributed by atoms with van der Waals surface area (Å²) in [5.74, 6) is 0.528. The van der Waals surface area contributed by atoms with E-state index in [-0.39, 0.29) is 0 Å². The molecule has 0 saturated heterocycles. The van der Waals surface area contributed by atoms with Crippen LogP contribution in [0.5, 0.6) is 0 Å². The molecule has 1 aromatic rings. The van der Waals surface area contributed by atoms with Gasteiger partial charge in [0, 0.05) is 35.7 Å². The van der Waals surface area contributed by atoms with E-state index in [1.165, 1.54) is 5.69 Å². The Morgan fingerprint density at radius 1 is 1.41 bits per heavy atom. The Kier molecular flexibility index (Phi) is 6.31. The third-order valence-corrected chi connectivity index (χ3v) is 3.70. The van der Waals surface area contributed by atoms with E-state index in [0.29, 0.717) is 11.9 Å².